The monoisotopic (exact) mass is 631 g/mol. The number of benzene rings is 3. The van der Waals surface area contributed by atoms with Crippen LogP contribution in [0.2, 0.25) is 18.1 Å². The molecule has 1 aliphatic rings. The molecule has 0 saturated heterocycles. The van der Waals surface area contributed by atoms with Crippen LogP contribution in [0.5, 0.6) is 11.5 Å². The van der Waals surface area contributed by atoms with Gasteiger partial charge in [-0.15, -0.1) is 0 Å². The Morgan fingerprint density at radius 3 is 2.18 bits per heavy atom. The molecule has 0 radical (unpaired) electrons. The number of rotatable bonds is 14. The van der Waals surface area contributed by atoms with E-state index in [1.165, 1.54) is 11.1 Å². The van der Waals surface area contributed by atoms with Crippen LogP contribution in [0, 0.1) is 0 Å². The molecule has 2 atom stereocenters. The lowest BCUT2D eigenvalue weighted by atomic mass is 10.0. The van der Waals surface area contributed by atoms with E-state index in [0.29, 0.717) is 19.8 Å². The van der Waals surface area contributed by atoms with Crippen LogP contribution in [-0.2, 0) is 28.6 Å². The van der Waals surface area contributed by atoms with E-state index in [1.54, 1.807) is 0 Å². The summed E-state index contributed by atoms with van der Waals surface area (Å²) in [6.45, 7) is 13.8. The first-order valence-electron chi connectivity index (χ1n) is 16.8. The maximum absolute atomic E-state index is 14.0. The van der Waals surface area contributed by atoms with Crippen LogP contribution in [-0.4, -0.2) is 50.2 Å². The molecule has 0 aromatic heterocycles. The average molecular weight is 632 g/mol. The summed E-state index contributed by atoms with van der Waals surface area (Å²) in [6, 6.07) is 29.6. The average Bonchev–Trinajstić information content (AvgIpc) is 3.26. The largest absolute Gasteiger partial charge is 0.491 e. The lowest BCUT2D eigenvalue weighted by molar-refractivity contribution is -0.000472. The number of aryl methyl sites for hydroxylation is 1. The summed E-state index contributed by atoms with van der Waals surface area (Å²) in [6.07, 6.45) is 3.02. The van der Waals surface area contributed by atoms with Gasteiger partial charge in [0.05, 0.1) is 12.6 Å². The van der Waals surface area contributed by atoms with Gasteiger partial charge in [-0.1, -0.05) is 75.4 Å². The van der Waals surface area contributed by atoms with Crippen molar-refractivity contribution >= 4 is 14.4 Å². The summed E-state index contributed by atoms with van der Waals surface area (Å²) in [5, 5.41) is 0. The molecule has 3 aromatic rings. The van der Waals surface area contributed by atoms with Crippen LogP contribution in [0.3, 0.4) is 0 Å². The van der Waals surface area contributed by atoms with E-state index in [1.807, 2.05) is 74.2 Å². The highest BCUT2D eigenvalue weighted by molar-refractivity contribution is 6.73. The van der Waals surface area contributed by atoms with E-state index in [4.69, 9.17) is 18.6 Å². The molecule has 0 N–H and O–H groups in total. The number of nitrogens with zero attached hydrogens (tertiary/aromatic N) is 1. The lowest BCUT2D eigenvalue weighted by Crippen LogP contribution is -2.52. The van der Waals surface area contributed by atoms with Crippen molar-refractivity contribution in [2.24, 2.45) is 0 Å². The van der Waals surface area contributed by atoms with E-state index in [9.17, 15) is 4.79 Å². The van der Waals surface area contributed by atoms with Gasteiger partial charge in [-0.3, -0.25) is 0 Å². The minimum absolute atomic E-state index is 0.0331. The molecule has 1 amide bonds. The summed E-state index contributed by atoms with van der Waals surface area (Å²) < 4.78 is 25.6. The number of amides is 1. The summed E-state index contributed by atoms with van der Waals surface area (Å²) in [5.41, 5.74) is 3.08. The van der Waals surface area contributed by atoms with Crippen molar-refractivity contribution in [3.05, 3.63) is 95.6 Å². The molecule has 1 aliphatic carbocycles. The topological polar surface area (TPSA) is 57.2 Å². The molecule has 6 nitrogen and oxygen atoms in total. The number of hydrogen-bond donors (Lipinski definition) is 0. The van der Waals surface area contributed by atoms with Gasteiger partial charge >= 0.3 is 6.09 Å². The van der Waals surface area contributed by atoms with Gasteiger partial charge in [0, 0.05) is 6.04 Å². The molecule has 0 fully saturated rings. The fraction of sp³-hybridized carbons (Fsp3) is 0.500. The van der Waals surface area contributed by atoms with Gasteiger partial charge in [0.15, 0.2) is 8.32 Å². The molecule has 45 heavy (non-hydrogen) atoms. The standard InChI is InChI=1S/C38H53NO5Si/c1-7-45(8-2,9-3)44-36(29-42-34-21-14-11-15-22-34)27-39(37(40)43-38(4,5)6)33-20-16-19-31-23-24-35(26-32(31)25-33)41-28-30-17-12-10-13-18-30/h10-15,17-18,21-24,26,33,36H,7-9,16,19-20,25,27-29H2,1-6H3/t33?,36-/m0/s1. The van der Waals surface area contributed by atoms with E-state index >= 15 is 0 Å². The summed E-state index contributed by atoms with van der Waals surface area (Å²) >= 11 is 0. The van der Waals surface area contributed by atoms with Gasteiger partial charge in [-0.05, 0) is 106 Å². The Labute approximate surface area is 272 Å². The number of fused-ring (bicyclic) bond motifs is 1. The fourth-order valence-corrected chi connectivity index (χ4v) is 8.96. The lowest BCUT2D eigenvalue weighted by Gasteiger charge is -2.39. The highest BCUT2D eigenvalue weighted by Gasteiger charge is 2.37. The smallest absolute Gasteiger partial charge is 0.410 e. The van der Waals surface area contributed by atoms with Crippen molar-refractivity contribution in [2.45, 2.75) is 110 Å². The van der Waals surface area contributed by atoms with Crippen LogP contribution in [0.4, 0.5) is 4.79 Å². The van der Waals surface area contributed by atoms with Crippen molar-refractivity contribution < 1.29 is 23.4 Å². The SMILES string of the molecule is CC[Si](CC)(CC)O[C@H](COc1ccccc1)CN(C(=O)OC(C)(C)C)C1CCCc2ccc(OCc3ccccc3)cc2C1. The van der Waals surface area contributed by atoms with Crippen molar-refractivity contribution in [1.29, 1.82) is 0 Å². The first-order valence-corrected chi connectivity index (χ1v) is 19.3. The van der Waals surface area contributed by atoms with Crippen molar-refractivity contribution in [3.63, 3.8) is 0 Å². The second kappa shape index (κ2) is 16.3. The molecule has 1 unspecified atom stereocenters. The zero-order chi connectivity index (χ0) is 32.3. The van der Waals surface area contributed by atoms with E-state index in [0.717, 1.165) is 60.9 Å². The predicted octanol–water partition coefficient (Wildman–Crippen LogP) is 9.22. The predicted molar refractivity (Wildman–Crippen MR) is 185 cm³/mol. The van der Waals surface area contributed by atoms with Crippen molar-refractivity contribution in [3.8, 4) is 11.5 Å². The molecule has 7 heteroatoms. The minimum atomic E-state index is -2.00. The molecule has 0 aliphatic heterocycles. The first kappa shape index (κ1) is 34.6. The van der Waals surface area contributed by atoms with Gasteiger partial charge in [0.1, 0.15) is 30.3 Å². The molecule has 0 saturated carbocycles. The Balaban J connectivity index is 1.60. The van der Waals surface area contributed by atoms with Crippen LogP contribution in [0.15, 0.2) is 78.9 Å². The third-order valence-corrected chi connectivity index (χ3v) is 13.6. The van der Waals surface area contributed by atoms with Gasteiger partial charge in [-0.25, -0.2) is 4.79 Å². The molecular formula is C38H53NO5Si. The first-order chi connectivity index (χ1) is 21.6. The zero-order valence-corrected chi connectivity index (χ0v) is 29.2. The zero-order valence-electron chi connectivity index (χ0n) is 28.2. The second-order valence-corrected chi connectivity index (χ2v) is 17.9. The number of carbonyl (C=O) groups is 1. The molecule has 3 aromatic carbocycles. The number of ether oxygens (including phenoxy) is 3. The van der Waals surface area contributed by atoms with Crippen LogP contribution in [0.1, 0.15) is 71.1 Å². The van der Waals surface area contributed by atoms with Crippen LogP contribution in [0.25, 0.3) is 0 Å². The maximum atomic E-state index is 14.0. The van der Waals surface area contributed by atoms with Gasteiger partial charge in [-0.2, -0.15) is 0 Å². The van der Waals surface area contributed by atoms with Crippen molar-refractivity contribution in [2.75, 3.05) is 13.2 Å². The Bertz CT molecular complexity index is 1310. The highest BCUT2D eigenvalue weighted by Crippen LogP contribution is 2.30. The van der Waals surface area contributed by atoms with E-state index in [2.05, 4.69) is 51.1 Å². The summed E-state index contributed by atoms with van der Waals surface area (Å²) in [7, 11) is -2.00. The molecule has 4 rings (SSSR count). The van der Waals surface area contributed by atoms with E-state index in [-0.39, 0.29) is 18.2 Å². The molecule has 0 bridgehead atoms. The molecule has 244 valence electrons. The number of hydrogen-bond acceptors (Lipinski definition) is 5. The molecule has 0 spiro atoms. The Kier molecular flexibility index (Phi) is 12.5. The maximum Gasteiger partial charge on any atom is 0.410 e. The Morgan fingerprint density at radius 2 is 1.53 bits per heavy atom. The summed E-state index contributed by atoms with van der Waals surface area (Å²) in [5.74, 6) is 1.65. The van der Waals surface area contributed by atoms with Crippen LogP contribution < -0.4 is 9.47 Å². The van der Waals surface area contributed by atoms with Gasteiger partial charge in [0.25, 0.3) is 0 Å². The number of carbonyl (C=O) groups excluding carboxylic acids is 1. The van der Waals surface area contributed by atoms with Gasteiger partial charge < -0.3 is 23.5 Å². The summed E-state index contributed by atoms with van der Waals surface area (Å²) in [4.78, 5) is 15.9. The fourth-order valence-electron chi connectivity index (χ4n) is 6.11. The minimum Gasteiger partial charge on any atom is -0.491 e. The highest BCUT2D eigenvalue weighted by atomic mass is 28.4. The third-order valence-electron chi connectivity index (χ3n) is 8.86. The Morgan fingerprint density at radius 1 is 0.867 bits per heavy atom. The second-order valence-electron chi connectivity index (χ2n) is 13.2. The number of para-hydroxylation sites is 1. The van der Waals surface area contributed by atoms with Crippen LogP contribution >= 0.6 is 0 Å². The molecule has 0 heterocycles. The van der Waals surface area contributed by atoms with Crippen molar-refractivity contribution in [1.82, 2.24) is 4.90 Å². The van der Waals surface area contributed by atoms with Gasteiger partial charge in [0.2, 0.25) is 0 Å². The third kappa shape index (κ3) is 10.4. The quantitative estimate of drug-likeness (QED) is 0.131. The normalized spacial score (nSPS) is 15.8. The molecular weight excluding hydrogens is 579 g/mol. The van der Waals surface area contributed by atoms with E-state index < -0.39 is 13.9 Å². The Hall–Kier alpha value is -3.29.